The predicted molar refractivity (Wildman–Crippen MR) is 105 cm³/mol. The van der Waals surface area contributed by atoms with E-state index in [9.17, 15) is 9.59 Å². The van der Waals surface area contributed by atoms with E-state index < -0.39 is 0 Å². The lowest BCUT2D eigenvalue weighted by Gasteiger charge is -2.37. The summed E-state index contributed by atoms with van der Waals surface area (Å²) in [7, 11) is 0. The van der Waals surface area contributed by atoms with Crippen molar-refractivity contribution in [1.82, 2.24) is 20.9 Å². The van der Waals surface area contributed by atoms with Crippen LogP contribution in [0.4, 0.5) is 0 Å². The zero-order valence-electron chi connectivity index (χ0n) is 14.8. The molecule has 2 amide bonds. The Balaban J connectivity index is 0.00000169. The normalized spacial score (nSPS) is 23.8. The third-order valence-corrected chi connectivity index (χ3v) is 5.34. The molecular formula is C18H28Cl2N4O2. The van der Waals surface area contributed by atoms with Crippen LogP contribution in [0, 0.1) is 11.3 Å². The number of nitrogens with one attached hydrogen (secondary N) is 3. The zero-order valence-corrected chi connectivity index (χ0v) is 16.5. The molecule has 0 bridgehead atoms. The Bertz CT molecular complexity index is 588. The number of aromatic nitrogens is 1. The van der Waals surface area contributed by atoms with Crippen LogP contribution in [-0.2, 0) is 16.1 Å². The molecular weight excluding hydrogens is 375 g/mol. The molecule has 1 saturated heterocycles. The summed E-state index contributed by atoms with van der Waals surface area (Å²) >= 11 is 0. The van der Waals surface area contributed by atoms with Crippen LogP contribution in [-0.4, -0.2) is 36.4 Å². The van der Waals surface area contributed by atoms with Gasteiger partial charge in [0, 0.05) is 38.4 Å². The van der Waals surface area contributed by atoms with Crippen LogP contribution in [0.2, 0.25) is 0 Å². The summed E-state index contributed by atoms with van der Waals surface area (Å²) in [4.78, 5) is 28.6. The van der Waals surface area contributed by atoms with E-state index in [4.69, 9.17) is 0 Å². The predicted octanol–water partition coefficient (Wildman–Crippen LogP) is 1.83. The second-order valence-corrected chi connectivity index (χ2v) is 6.87. The third kappa shape index (κ3) is 5.32. The maximum absolute atomic E-state index is 12.7. The molecule has 2 aliphatic rings. The van der Waals surface area contributed by atoms with E-state index in [2.05, 4.69) is 20.9 Å². The van der Waals surface area contributed by atoms with Gasteiger partial charge in [0.25, 0.3) is 0 Å². The van der Waals surface area contributed by atoms with Gasteiger partial charge in [0.1, 0.15) is 0 Å². The first kappa shape index (κ1) is 22.7. The van der Waals surface area contributed by atoms with Crippen LogP contribution < -0.4 is 16.0 Å². The van der Waals surface area contributed by atoms with E-state index >= 15 is 0 Å². The van der Waals surface area contributed by atoms with Gasteiger partial charge in [-0.15, -0.1) is 24.8 Å². The minimum Gasteiger partial charge on any atom is -0.355 e. The molecule has 2 fully saturated rings. The Morgan fingerprint density at radius 1 is 1.27 bits per heavy atom. The largest absolute Gasteiger partial charge is 0.355 e. The van der Waals surface area contributed by atoms with E-state index in [0.29, 0.717) is 25.4 Å². The molecule has 3 rings (SSSR count). The van der Waals surface area contributed by atoms with Crippen LogP contribution in [0.1, 0.15) is 37.7 Å². The Labute approximate surface area is 167 Å². The molecule has 1 aromatic heterocycles. The number of hydrogen-bond donors (Lipinski definition) is 3. The molecule has 0 unspecified atom stereocenters. The van der Waals surface area contributed by atoms with Crippen molar-refractivity contribution in [3.63, 3.8) is 0 Å². The van der Waals surface area contributed by atoms with Gasteiger partial charge in [0.05, 0.1) is 5.41 Å². The molecule has 1 aliphatic carbocycles. The maximum atomic E-state index is 12.7. The lowest BCUT2D eigenvalue weighted by atomic mass is 9.67. The van der Waals surface area contributed by atoms with Crippen molar-refractivity contribution in [2.24, 2.45) is 11.3 Å². The van der Waals surface area contributed by atoms with Gasteiger partial charge in [-0.2, -0.15) is 0 Å². The van der Waals surface area contributed by atoms with Gasteiger partial charge in [0.2, 0.25) is 11.8 Å². The first-order valence-corrected chi connectivity index (χ1v) is 8.85. The number of hydrogen-bond acceptors (Lipinski definition) is 4. The molecule has 8 heteroatoms. The molecule has 2 heterocycles. The number of carbonyl (C=O) groups excluding carboxylic acids is 2. The highest BCUT2D eigenvalue weighted by atomic mass is 35.5. The van der Waals surface area contributed by atoms with Crippen molar-refractivity contribution >= 4 is 36.6 Å². The van der Waals surface area contributed by atoms with E-state index in [1.165, 1.54) is 6.42 Å². The lowest BCUT2D eigenvalue weighted by molar-refractivity contribution is -0.134. The summed E-state index contributed by atoms with van der Waals surface area (Å²) in [5, 5.41) is 9.22. The van der Waals surface area contributed by atoms with Crippen molar-refractivity contribution in [2.75, 3.05) is 19.6 Å². The van der Waals surface area contributed by atoms with Crippen LogP contribution in [0.15, 0.2) is 24.5 Å². The van der Waals surface area contributed by atoms with Gasteiger partial charge in [-0.3, -0.25) is 14.6 Å². The Morgan fingerprint density at radius 3 is 2.88 bits per heavy atom. The molecule has 6 nitrogen and oxygen atoms in total. The first-order valence-electron chi connectivity index (χ1n) is 8.85. The summed E-state index contributed by atoms with van der Waals surface area (Å²) in [5.74, 6) is 0.518. The molecule has 1 aliphatic heterocycles. The minimum absolute atomic E-state index is 0. The number of rotatable bonds is 6. The Hall–Kier alpha value is -1.37. The fourth-order valence-corrected chi connectivity index (χ4v) is 3.95. The fraction of sp³-hybridized carbons (Fsp3) is 0.611. The van der Waals surface area contributed by atoms with Crippen LogP contribution in [0.5, 0.6) is 0 Å². The van der Waals surface area contributed by atoms with E-state index in [-0.39, 0.29) is 42.0 Å². The summed E-state index contributed by atoms with van der Waals surface area (Å²) in [6.45, 7) is 2.58. The van der Waals surface area contributed by atoms with Gasteiger partial charge in [-0.1, -0.05) is 18.9 Å². The van der Waals surface area contributed by atoms with E-state index in [1.807, 2.05) is 12.1 Å². The van der Waals surface area contributed by atoms with Gasteiger partial charge < -0.3 is 16.0 Å². The summed E-state index contributed by atoms with van der Waals surface area (Å²) in [5.41, 5.74) is 0.723. The Kier molecular flexibility index (Phi) is 9.33. The molecule has 3 N–H and O–H groups in total. The molecule has 0 spiro atoms. The standard InChI is InChI=1S/C18H26N4O2.2ClH/c23-16(22-11-14-4-3-8-19-10-14)6-9-21-17(24)18-7-2-1-5-15(18)12-20-13-18;;/h3-4,8,10,15,20H,1-2,5-7,9,11-13H2,(H,21,24)(H,22,23);2*1H/t15-,18+;;/m0../s1. The average Bonchev–Trinajstić information content (AvgIpc) is 3.06. The summed E-state index contributed by atoms with van der Waals surface area (Å²) in [6, 6.07) is 3.77. The van der Waals surface area contributed by atoms with Crippen LogP contribution in [0.25, 0.3) is 0 Å². The third-order valence-electron chi connectivity index (χ3n) is 5.34. The quantitative estimate of drug-likeness (QED) is 0.677. The number of amides is 2. The maximum Gasteiger partial charge on any atom is 0.227 e. The molecule has 146 valence electrons. The highest BCUT2D eigenvalue weighted by molar-refractivity contribution is 5.86. The van der Waals surface area contributed by atoms with Gasteiger partial charge in [0.15, 0.2) is 0 Å². The first-order chi connectivity index (χ1) is 11.7. The molecule has 0 radical (unpaired) electrons. The highest BCUT2D eigenvalue weighted by Crippen LogP contribution is 2.43. The molecule has 26 heavy (non-hydrogen) atoms. The van der Waals surface area contributed by atoms with Gasteiger partial charge in [-0.05, 0) is 36.9 Å². The number of halogens is 2. The van der Waals surface area contributed by atoms with Crippen LogP contribution >= 0.6 is 24.8 Å². The van der Waals surface area contributed by atoms with Gasteiger partial charge >= 0.3 is 0 Å². The van der Waals surface area contributed by atoms with E-state index in [1.54, 1.807) is 12.4 Å². The van der Waals surface area contributed by atoms with Crippen molar-refractivity contribution in [1.29, 1.82) is 0 Å². The molecule has 1 saturated carbocycles. The second kappa shape index (κ2) is 10.7. The van der Waals surface area contributed by atoms with E-state index in [0.717, 1.165) is 37.9 Å². The monoisotopic (exact) mass is 402 g/mol. The van der Waals surface area contributed by atoms with Gasteiger partial charge in [-0.25, -0.2) is 0 Å². The Morgan fingerprint density at radius 2 is 2.12 bits per heavy atom. The minimum atomic E-state index is -0.246. The smallest absolute Gasteiger partial charge is 0.227 e. The topological polar surface area (TPSA) is 83.1 Å². The van der Waals surface area contributed by atoms with Crippen molar-refractivity contribution in [3.05, 3.63) is 30.1 Å². The lowest BCUT2D eigenvalue weighted by Crippen LogP contribution is -2.48. The van der Waals surface area contributed by atoms with Crippen LogP contribution in [0.3, 0.4) is 0 Å². The molecule has 0 aromatic carbocycles. The molecule has 2 atom stereocenters. The van der Waals surface area contributed by atoms with Crippen molar-refractivity contribution in [2.45, 2.75) is 38.6 Å². The summed E-state index contributed by atoms with van der Waals surface area (Å²) in [6.07, 6.45) is 8.18. The fourth-order valence-electron chi connectivity index (χ4n) is 3.95. The SMILES string of the molecule is Cl.Cl.O=C(CCNC(=O)[C@@]12CCCC[C@H]1CNC2)NCc1cccnc1. The highest BCUT2D eigenvalue weighted by Gasteiger charge is 2.49. The number of pyridine rings is 1. The zero-order chi connectivity index (χ0) is 16.8. The second-order valence-electron chi connectivity index (χ2n) is 6.87. The van der Waals surface area contributed by atoms with Crippen molar-refractivity contribution in [3.8, 4) is 0 Å². The summed E-state index contributed by atoms with van der Waals surface area (Å²) < 4.78 is 0. The number of fused-ring (bicyclic) bond motifs is 1. The number of nitrogens with zero attached hydrogens (tertiary/aromatic N) is 1. The average molecular weight is 403 g/mol. The molecule has 1 aromatic rings. The van der Waals surface area contributed by atoms with Crippen molar-refractivity contribution < 1.29 is 9.59 Å². The number of carbonyl (C=O) groups is 2.